The lowest BCUT2D eigenvalue weighted by Crippen LogP contribution is -2.28. The Labute approximate surface area is 97.4 Å². The van der Waals surface area contributed by atoms with Crippen LogP contribution in [-0.4, -0.2) is 19.0 Å². The van der Waals surface area contributed by atoms with E-state index in [1.165, 1.54) is 0 Å². The standard InChI is InChI=1S/C11H11BrN2O/c1-2-7-13-8-11(15)14-10-5-3-9(12)4-6-10/h1,3-6,13H,7-8H2,(H,14,15). The van der Waals surface area contributed by atoms with Crippen LogP contribution in [0.4, 0.5) is 5.69 Å². The molecule has 0 heterocycles. The van der Waals surface area contributed by atoms with Crippen molar-refractivity contribution in [3.8, 4) is 12.3 Å². The van der Waals surface area contributed by atoms with Gasteiger partial charge in [-0.05, 0) is 24.3 Å². The second kappa shape index (κ2) is 6.23. The number of rotatable bonds is 4. The lowest BCUT2D eigenvalue weighted by molar-refractivity contribution is -0.115. The second-order valence-corrected chi connectivity index (χ2v) is 3.78. The van der Waals surface area contributed by atoms with Crippen LogP contribution < -0.4 is 10.6 Å². The van der Waals surface area contributed by atoms with E-state index in [0.29, 0.717) is 6.54 Å². The molecule has 1 amide bonds. The first-order valence-electron chi connectivity index (χ1n) is 4.42. The Hall–Kier alpha value is -1.31. The fourth-order valence-corrected chi connectivity index (χ4v) is 1.25. The summed E-state index contributed by atoms with van der Waals surface area (Å²) in [5, 5.41) is 5.55. The van der Waals surface area contributed by atoms with Gasteiger partial charge in [0.25, 0.3) is 0 Å². The molecule has 0 fully saturated rings. The van der Waals surface area contributed by atoms with E-state index in [9.17, 15) is 4.79 Å². The van der Waals surface area contributed by atoms with E-state index < -0.39 is 0 Å². The summed E-state index contributed by atoms with van der Waals surface area (Å²) in [6.07, 6.45) is 5.03. The van der Waals surface area contributed by atoms with Gasteiger partial charge in [0.1, 0.15) is 0 Å². The van der Waals surface area contributed by atoms with Crippen LogP contribution in [0, 0.1) is 12.3 Å². The molecule has 0 saturated heterocycles. The van der Waals surface area contributed by atoms with Crippen molar-refractivity contribution in [1.29, 1.82) is 0 Å². The molecule has 0 bridgehead atoms. The SMILES string of the molecule is C#CCNCC(=O)Nc1ccc(Br)cc1. The van der Waals surface area contributed by atoms with E-state index in [4.69, 9.17) is 6.42 Å². The molecule has 0 aliphatic heterocycles. The van der Waals surface area contributed by atoms with Crippen molar-refractivity contribution >= 4 is 27.5 Å². The van der Waals surface area contributed by atoms with E-state index >= 15 is 0 Å². The van der Waals surface area contributed by atoms with Gasteiger partial charge in [-0.1, -0.05) is 21.9 Å². The highest BCUT2D eigenvalue weighted by Crippen LogP contribution is 2.13. The first-order valence-corrected chi connectivity index (χ1v) is 5.21. The number of carbonyl (C=O) groups is 1. The lowest BCUT2D eigenvalue weighted by atomic mass is 10.3. The number of hydrogen-bond donors (Lipinski definition) is 2. The van der Waals surface area contributed by atoms with Crippen LogP contribution >= 0.6 is 15.9 Å². The van der Waals surface area contributed by atoms with Crippen molar-refractivity contribution in [3.05, 3.63) is 28.7 Å². The Morgan fingerprint density at radius 1 is 1.40 bits per heavy atom. The van der Waals surface area contributed by atoms with E-state index in [-0.39, 0.29) is 12.5 Å². The van der Waals surface area contributed by atoms with Gasteiger partial charge in [0.2, 0.25) is 5.91 Å². The van der Waals surface area contributed by atoms with Gasteiger partial charge in [-0.2, -0.15) is 0 Å². The maximum atomic E-state index is 11.3. The van der Waals surface area contributed by atoms with Crippen LogP contribution in [0.3, 0.4) is 0 Å². The van der Waals surface area contributed by atoms with Gasteiger partial charge in [-0.3, -0.25) is 10.1 Å². The molecule has 0 saturated carbocycles. The van der Waals surface area contributed by atoms with Gasteiger partial charge < -0.3 is 5.32 Å². The normalized spacial score (nSPS) is 9.33. The molecule has 0 aromatic heterocycles. The third-order valence-corrected chi connectivity index (χ3v) is 2.17. The van der Waals surface area contributed by atoms with E-state index in [2.05, 4.69) is 32.5 Å². The number of anilines is 1. The van der Waals surface area contributed by atoms with Crippen LogP contribution in [0.5, 0.6) is 0 Å². The number of carbonyl (C=O) groups excluding carboxylic acids is 1. The fourth-order valence-electron chi connectivity index (χ4n) is 0.987. The minimum atomic E-state index is -0.104. The highest BCUT2D eigenvalue weighted by Gasteiger charge is 2.00. The fraction of sp³-hybridized carbons (Fsp3) is 0.182. The molecule has 0 unspecified atom stereocenters. The zero-order valence-corrected chi connectivity index (χ0v) is 9.67. The van der Waals surface area contributed by atoms with Crippen molar-refractivity contribution in [3.63, 3.8) is 0 Å². The number of amides is 1. The Kier molecular flexibility index (Phi) is 4.88. The summed E-state index contributed by atoms with van der Waals surface area (Å²) in [4.78, 5) is 11.3. The molecule has 1 aromatic rings. The van der Waals surface area contributed by atoms with Crippen LogP contribution in [0.15, 0.2) is 28.7 Å². The van der Waals surface area contributed by atoms with Crippen molar-refractivity contribution in [2.75, 3.05) is 18.4 Å². The van der Waals surface area contributed by atoms with Crippen LogP contribution in [-0.2, 0) is 4.79 Å². The number of nitrogens with one attached hydrogen (secondary N) is 2. The predicted octanol–water partition coefficient (Wildman–Crippen LogP) is 1.61. The third kappa shape index (κ3) is 4.63. The number of benzene rings is 1. The molecular formula is C11H11BrN2O. The summed E-state index contributed by atoms with van der Waals surface area (Å²) in [5.41, 5.74) is 0.769. The topological polar surface area (TPSA) is 41.1 Å². The first-order chi connectivity index (χ1) is 7.22. The average molecular weight is 267 g/mol. The Bertz CT molecular complexity index is 367. The Morgan fingerprint density at radius 3 is 2.67 bits per heavy atom. The minimum absolute atomic E-state index is 0.104. The molecule has 4 heteroatoms. The summed E-state index contributed by atoms with van der Waals surface area (Å²) in [6, 6.07) is 7.38. The van der Waals surface area contributed by atoms with E-state index in [1.54, 1.807) is 0 Å². The predicted molar refractivity (Wildman–Crippen MR) is 64.5 cm³/mol. The highest BCUT2D eigenvalue weighted by atomic mass is 79.9. The number of halogens is 1. The first kappa shape index (κ1) is 11.8. The largest absolute Gasteiger partial charge is 0.325 e. The van der Waals surface area contributed by atoms with Gasteiger partial charge in [0, 0.05) is 10.2 Å². The van der Waals surface area contributed by atoms with Gasteiger partial charge in [0.15, 0.2) is 0 Å². The lowest BCUT2D eigenvalue weighted by Gasteiger charge is -2.04. The van der Waals surface area contributed by atoms with Crippen molar-refractivity contribution in [2.24, 2.45) is 0 Å². The van der Waals surface area contributed by atoms with Crippen LogP contribution in [0.2, 0.25) is 0 Å². The maximum Gasteiger partial charge on any atom is 0.238 e. The van der Waals surface area contributed by atoms with Crippen molar-refractivity contribution in [2.45, 2.75) is 0 Å². The number of hydrogen-bond acceptors (Lipinski definition) is 2. The van der Waals surface area contributed by atoms with E-state index in [1.807, 2.05) is 24.3 Å². The summed E-state index contributed by atoms with van der Waals surface area (Å²) in [6.45, 7) is 0.619. The summed E-state index contributed by atoms with van der Waals surface area (Å²) < 4.78 is 0.978. The molecule has 1 aromatic carbocycles. The third-order valence-electron chi connectivity index (χ3n) is 1.64. The quantitative estimate of drug-likeness (QED) is 0.642. The molecule has 0 aliphatic carbocycles. The van der Waals surface area contributed by atoms with Gasteiger partial charge in [0.05, 0.1) is 13.1 Å². The minimum Gasteiger partial charge on any atom is -0.325 e. The molecule has 0 radical (unpaired) electrons. The molecular weight excluding hydrogens is 256 g/mol. The second-order valence-electron chi connectivity index (χ2n) is 2.86. The summed E-state index contributed by atoms with van der Waals surface area (Å²) >= 11 is 3.32. The van der Waals surface area contributed by atoms with E-state index in [0.717, 1.165) is 10.2 Å². The molecule has 1 rings (SSSR count). The molecule has 2 N–H and O–H groups in total. The van der Waals surface area contributed by atoms with Gasteiger partial charge in [-0.15, -0.1) is 6.42 Å². The Balaban J connectivity index is 2.38. The molecule has 15 heavy (non-hydrogen) atoms. The number of terminal acetylenes is 1. The maximum absolute atomic E-state index is 11.3. The zero-order valence-electron chi connectivity index (χ0n) is 8.09. The van der Waals surface area contributed by atoms with Crippen LogP contribution in [0.1, 0.15) is 0 Å². The molecule has 0 atom stereocenters. The summed E-state index contributed by atoms with van der Waals surface area (Å²) in [7, 11) is 0. The zero-order chi connectivity index (χ0) is 11.1. The van der Waals surface area contributed by atoms with Crippen molar-refractivity contribution < 1.29 is 4.79 Å². The smallest absolute Gasteiger partial charge is 0.238 e. The summed E-state index contributed by atoms with van der Waals surface area (Å²) in [5.74, 6) is 2.29. The molecule has 78 valence electrons. The van der Waals surface area contributed by atoms with Gasteiger partial charge in [-0.25, -0.2) is 0 Å². The average Bonchev–Trinajstić information content (AvgIpc) is 2.22. The monoisotopic (exact) mass is 266 g/mol. The van der Waals surface area contributed by atoms with Crippen molar-refractivity contribution in [1.82, 2.24) is 5.32 Å². The molecule has 0 spiro atoms. The van der Waals surface area contributed by atoms with Crippen LogP contribution in [0.25, 0.3) is 0 Å². The molecule has 0 aliphatic rings. The van der Waals surface area contributed by atoms with Gasteiger partial charge >= 0.3 is 0 Å². The Morgan fingerprint density at radius 2 is 2.07 bits per heavy atom. The molecule has 3 nitrogen and oxygen atoms in total. The highest BCUT2D eigenvalue weighted by molar-refractivity contribution is 9.10.